The van der Waals surface area contributed by atoms with Gasteiger partial charge in [0.05, 0.1) is 36.1 Å². The number of ether oxygens (including phenoxy) is 1. The maximum atomic E-state index is 12.7. The van der Waals surface area contributed by atoms with Gasteiger partial charge in [-0.2, -0.15) is 13.2 Å². The topological polar surface area (TPSA) is 96.9 Å². The molecular weight excluding hydrogens is 491 g/mol. The molecule has 2 aliphatic heterocycles. The fourth-order valence-electron chi connectivity index (χ4n) is 3.61. The number of carbonyl (C=O) groups excluding carboxylic acids is 1. The Kier molecular flexibility index (Phi) is 7.08. The largest absolute Gasteiger partial charge is 0.492 e. The number of rotatable bonds is 7. The highest BCUT2D eigenvalue weighted by Gasteiger charge is 2.42. The van der Waals surface area contributed by atoms with Gasteiger partial charge < -0.3 is 15.4 Å². The van der Waals surface area contributed by atoms with Crippen molar-refractivity contribution < 1.29 is 31.1 Å². The molecule has 0 unspecified atom stereocenters. The average molecular weight is 514 g/mol. The summed E-state index contributed by atoms with van der Waals surface area (Å²) in [6.45, 7) is 0.197. The van der Waals surface area contributed by atoms with Crippen molar-refractivity contribution in [3.63, 3.8) is 0 Å². The van der Waals surface area contributed by atoms with Crippen molar-refractivity contribution in [2.75, 3.05) is 30.0 Å². The van der Waals surface area contributed by atoms with E-state index in [2.05, 4.69) is 15.6 Å². The summed E-state index contributed by atoms with van der Waals surface area (Å²) in [4.78, 5) is 16.6. The van der Waals surface area contributed by atoms with Crippen molar-refractivity contribution in [1.82, 2.24) is 5.32 Å². The third-order valence-corrected chi connectivity index (χ3v) is 8.38. The van der Waals surface area contributed by atoms with E-state index in [0.717, 1.165) is 23.4 Å². The number of nitrogens with one attached hydrogen (secondary N) is 2. The third kappa shape index (κ3) is 6.44. The molecule has 7 nitrogen and oxygen atoms in total. The average Bonchev–Trinajstić information content (AvgIpc) is 3.24. The Hall–Kier alpha value is -2.73. The Morgan fingerprint density at radius 1 is 1.15 bits per heavy atom. The molecule has 2 heterocycles. The van der Waals surface area contributed by atoms with E-state index in [0.29, 0.717) is 5.17 Å². The number of hydrogen-bond acceptors (Lipinski definition) is 7. The molecule has 2 atom stereocenters. The van der Waals surface area contributed by atoms with E-state index < -0.39 is 21.6 Å². The van der Waals surface area contributed by atoms with Crippen LogP contribution in [0.25, 0.3) is 0 Å². The minimum atomic E-state index is -4.44. The second-order valence-electron chi connectivity index (χ2n) is 7.96. The van der Waals surface area contributed by atoms with Crippen molar-refractivity contribution in [3.8, 4) is 5.75 Å². The molecule has 0 aromatic heterocycles. The normalized spacial score (nSPS) is 21.0. The van der Waals surface area contributed by atoms with Gasteiger partial charge in [0.1, 0.15) is 12.4 Å². The van der Waals surface area contributed by atoms with Gasteiger partial charge in [-0.25, -0.2) is 8.42 Å². The number of sulfone groups is 1. The van der Waals surface area contributed by atoms with Crippen LogP contribution >= 0.6 is 11.8 Å². The Balaban J connectivity index is 1.19. The molecule has 12 heteroatoms. The quantitative estimate of drug-likeness (QED) is 0.553. The lowest BCUT2D eigenvalue weighted by molar-refractivity contribution is -0.137. The number of thioether (sulfide) groups is 1. The Bertz CT molecular complexity index is 1180. The number of anilines is 1. The van der Waals surface area contributed by atoms with Gasteiger partial charge in [-0.1, -0.05) is 30.0 Å². The second kappa shape index (κ2) is 9.87. The molecule has 0 radical (unpaired) electrons. The minimum absolute atomic E-state index is 0.0342. The summed E-state index contributed by atoms with van der Waals surface area (Å²) in [6.07, 6.45) is -4.30. The van der Waals surface area contributed by atoms with Crippen LogP contribution in [0.1, 0.15) is 11.1 Å². The second-order valence-corrected chi connectivity index (χ2v) is 11.3. The van der Waals surface area contributed by atoms with Gasteiger partial charge in [-0.15, -0.1) is 0 Å². The first kappa shape index (κ1) is 24.4. The molecule has 0 saturated carbocycles. The van der Waals surface area contributed by atoms with Crippen LogP contribution < -0.4 is 15.4 Å². The first-order valence-corrected chi connectivity index (χ1v) is 13.2. The minimum Gasteiger partial charge on any atom is -0.492 e. The summed E-state index contributed by atoms with van der Waals surface area (Å²) in [5, 5.41) is 6.51. The molecule has 1 amide bonds. The van der Waals surface area contributed by atoms with E-state index in [-0.39, 0.29) is 54.0 Å². The number of amides is 1. The van der Waals surface area contributed by atoms with Gasteiger partial charge in [-0.3, -0.25) is 9.79 Å². The van der Waals surface area contributed by atoms with Crippen molar-refractivity contribution in [2.45, 2.75) is 23.9 Å². The summed E-state index contributed by atoms with van der Waals surface area (Å²) in [6, 6.07) is 11.6. The number of fused-ring (bicyclic) bond motifs is 1. The monoisotopic (exact) mass is 513 g/mol. The highest BCUT2D eigenvalue weighted by atomic mass is 32.2. The van der Waals surface area contributed by atoms with Crippen molar-refractivity contribution in [1.29, 1.82) is 0 Å². The predicted molar refractivity (Wildman–Crippen MR) is 125 cm³/mol. The molecule has 34 heavy (non-hydrogen) atoms. The maximum absolute atomic E-state index is 12.7. The fraction of sp³-hybridized carbons (Fsp3) is 0.364. The van der Waals surface area contributed by atoms with Gasteiger partial charge >= 0.3 is 6.18 Å². The van der Waals surface area contributed by atoms with E-state index in [1.54, 1.807) is 12.1 Å². The SMILES string of the molecule is O=C(Cc1ccc(NC2=N[C@H]3CS(=O)(=O)C[C@H]3S2)cc1)NCCOc1cccc(C(F)(F)F)c1. The number of benzene rings is 2. The molecule has 0 spiro atoms. The lowest BCUT2D eigenvalue weighted by Gasteiger charge is -2.11. The molecule has 2 aliphatic rings. The van der Waals surface area contributed by atoms with Crippen LogP contribution in [0.2, 0.25) is 0 Å². The Morgan fingerprint density at radius 3 is 2.62 bits per heavy atom. The van der Waals surface area contributed by atoms with Crippen LogP contribution in [0.3, 0.4) is 0 Å². The van der Waals surface area contributed by atoms with Crippen LogP contribution in [0.5, 0.6) is 5.75 Å². The molecule has 2 aromatic carbocycles. The molecule has 4 rings (SSSR count). The molecular formula is C22H22F3N3O4S2. The lowest BCUT2D eigenvalue weighted by Crippen LogP contribution is -2.29. The Labute approximate surface area is 199 Å². The summed E-state index contributed by atoms with van der Waals surface area (Å²) >= 11 is 1.43. The zero-order chi connectivity index (χ0) is 24.3. The van der Waals surface area contributed by atoms with E-state index in [1.807, 2.05) is 12.1 Å². The molecule has 1 fully saturated rings. The van der Waals surface area contributed by atoms with E-state index >= 15 is 0 Å². The molecule has 182 valence electrons. The zero-order valence-electron chi connectivity index (χ0n) is 17.8. The van der Waals surface area contributed by atoms with Gasteiger partial charge in [0.15, 0.2) is 15.0 Å². The lowest BCUT2D eigenvalue weighted by atomic mass is 10.1. The van der Waals surface area contributed by atoms with Crippen molar-refractivity contribution in [3.05, 3.63) is 59.7 Å². The number of aliphatic imine (C=N–C) groups is 1. The molecule has 0 aliphatic carbocycles. The number of halogens is 3. The summed E-state index contributed by atoms with van der Waals surface area (Å²) in [7, 11) is -2.99. The van der Waals surface area contributed by atoms with Crippen molar-refractivity contribution in [2.24, 2.45) is 4.99 Å². The summed E-state index contributed by atoms with van der Waals surface area (Å²) < 4.78 is 66.8. The number of nitrogens with zero attached hydrogens (tertiary/aromatic N) is 1. The van der Waals surface area contributed by atoms with Gasteiger partial charge in [0.2, 0.25) is 5.91 Å². The predicted octanol–water partition coefficient (Wildman–Crippen LogP) is 3.12. The summed E-state index contributed by atoms with van der Waals surface area (Å²) in [5.74, 6) is 0.0887. The number of carbonyl (C=O) groups is 1. The smallest absolute Gasteiger partial charge is 0.416 e. The van der Waals surface area contributed by atoms with Crippen LogP contribution in [-0.2, 0) is 27.2 Å². The van der Waals surface area contributed by atoms with E-state index in [9.17, 15) is 26.4 Å². The number of amidine groups is 1. The fourth-order valence-corrected chi connectivity index (χ4v) is 7.29. The molecule has 2 aromatic rings. The van der Waals surface area contributed by atoms with Crippen LogP contribution in [0, 0.1) is 0 Å². The van der Waals surface area contributed by atoms with Gasteiger partial charge in [-0.05, 0) is 35.9 Å². The van der Waals surface area contributed by atoms with Crippen molar-refractivity contribution >= 4 is 38.4 Å². The first-order valence-electron chi connectivity index (χ1n) is 10.4. The highest BCUT2D eigenvalue weighted by Crippen LogP contribution is 2.34. The zero-order valence-corrected chi connectivity index (χ0v) is 19.5. The molecule has 0 bridgehead atoms. The Morgan fingerprint density at radius 2 is 1.91 bits per heavy atom. The van der Waals surface area contributed by atoms with Gasteiger partial charge in [0, 0.05) is 10.9 Å². The third-order valence-electron chi connectivity index (χ3n) is 5.24. The van der Waals surface area contributed by atoms with Crippen LogP contribution in [0.4, 0.5) is 18.9 Å². The van der Waals surface area contributed by atoms with E-state index in [1.165, 1.54) is 23.9 Å². The van der Waals surface area contributed by atoms with Crippen LogP contribution in [-0.4, -0.2) is 55.4 Å². The number of alkyl halides is 3. The highest BCUT2D eigenvalue weighted by molar-refractivity contribution is 8.15. The molecule has 1 saturated heterocycles. The standard InChI is InChI=1S/C22H22F3N3O4S2/c23-22(24,25)15-2-1-3-17(11-15)32-9-8-26-20(29)10-14-4-6-16(7-5-14)27-21-28-18-12-34(30,31)13-19(18)33-21/h1-7,11,18-19H,8-10,12-13H2,(H,26,29)(H,27,28)/t18-,19+/m0/s1. The maximum Gasteiger partial charge on any atom is 0.416 e. The molecule has 2 N–H and O–H groups in total. The van der Waals surface area contributed by atoms with Gasteiger partial charge in [0.25, 0.3) is 0 Å². The number of hydrogen-bond donors (Lipinski definition) is 2. The van der Waals surface area contributed by atoms with E-state index in [4.69, 9.17) is 4.74 Å². The first-order chi connectivity index (χ1) is 16.1. The summed E-state index contributed by atoms with van der Waals surface area (Å²) in [5.41, 5.74) is 0.778. The van der Waals surface area contributed by atoms with Crippen LogP contribution in [0.15, 0.2) is 53.5 Å².